The summed E-state index contributed by atoms with van der Waals surface area (Å²) in [6, 6.07) is 7.15. The Morgan fingerprint density at radius 3 is 2.44 bits per heavy atom. The van der Waals surface area contributed by atoms with Crippen LogP contribution in [-0.4, -0.2) is 41.1 Å². The van der Waals surface area contributed by atoms with Gasteiger partial charge in [0, 0.05) is 26.6 Å². The van der Waals surface area contributed by atoms with E-state index in [-0.39, 0.29) is 23.8 Å². The molecule has 0 aliphatic heterocycles. The summed E-state index contributed by atoms with van der Waals surface area (Å²) in [6.45, 7) is 0.932. The van der Waals surface area contributed by atoms with Crippen molar-refractivity contribution in [2.45, 2.75) is 49.3 Å². The van der Waals surface area contributed by atoms with E-state index in [2.05, 4.69) is 10.0 Å². The molecule has 2 N–H and O–H groups in total. The number of amides is 1. The van der Waals surface area contributed by atoms with Crippen LogP contribution < -0.4 is 10.0 Å². The molecule has 0 saturated heterocycles. The van der Waals surface area contributed by atoms with Gasteiger partial charge in [0.25, 0.3) is 0 Å². The standard InChI is InChI=1S/C18H28N2O4S/c1-24-14-13-19-18(21)11-12-20-25(22,23)17-9-7-16(8-10-17)15-5-3-2-4-6-15/h7-10,15,20H,2-6,11-14H2,1H3,(H,19,21). The average Bonchev–Trinajstić information content (AvgIpc) is 2.63. The molecule has 1 saturated carbocycles. The van der Waals surface area contributed by atoms with Crippen LogP contribution in [0.5, 0.6) is 0 Å². The summed E-state index contributed by atoms with van der Waals surface area (Å²) >= 11 is 0. The van der Waals surface area contributed by atoms with E-state index >= 15 is 0 Å². The van der Waals surface area contributed by atoms with E-state index in [9.17, 15) is 13.2 Å². The molecule has 6 nitrogen and oxygen atoms in total. The van der Waals surface area contributed by atoms with Gasteiger partial charge in [-0.05, 0) is 36.5 Å². The van der Waals surface area contributed by atoms with Gasteiger partial charge < -0.3 is 10.1 Å². The number of carbonyl (C=O) groups is 1. The highest BCUT2D eigenvalue weighted by molar-refractivity contribution is 7.89. The zero-order valence-corrected chi connectivity index (χ0v) is 15.6. The maximum Gasteiger partial charge on any atom is 0.240 e. The monoisotopic (exact) mass is 368 g/mol. The number of rotatable bonds is 9. The molecule has 7 heteroatoms. The first-order valence-electron chi connectivity index (χ1n) is 8.88. The zero-order chi connectivity index (χ0) is 18.1. The van der Waals surface area contributed by atoms with Gasteiger partial charge in [0.15, 0.2) is 0 Å². The Morgan fingerprint density at radius 2 is 1.80 bits per heavy atom. The Hall–Kier alpha value is -1.44. The van der Waals surface area contributed by atoms with Crippen LogP contribution in [0, 0.1) is 0 Å². The summed E-state index contributed by atoms with van der Waals surface area (Å²) in [6.07, 6.45) is 6.26. The molecule has 2 rings (SSSR count). The van der Waals surface area contributed by atoms with Gasteiger partial charge in [0.1, 0.15) is 0 Å². The fourth-order valence-corrected chi connectivity index (χ4v) is 4.15. The van der Waals surface area contributed by atoms with Crippen LogP contribution in [0.15, 0.2) is 29.2 Å². The first-order valence-corrected chi connectivity index (χ1v) is 10.4. The number of hydrogen-bond donors (Lipinski definition) is 2. The molecule has 1 aromatic carbocycles. The normalized spacial score (nSPS) is 15.9. The second-order valence-electron chi connectivity index (χ2n) is 6.39. The number of benzene rings is 1. The fraction of sp³-hybridized carbons (Fsp3) is 0.611. The first kappa shape index (κ1) is 19.9. The Labute approximate surface area is 150 Å². The second-order valence-corrected chi connectivity index (χ2v) is 8.16. The second kappa shape index (κ2) is 9.89. The Kier molecular flexibility index (Phi) is 7.87. The SMILES string of the molecule is COCCNC(=O)CCNS(=O)(=O)c1ccc(C2CCCCC2)cc1. The van der Waals surface area contributed by atoms with Gasteiger partial charge in [-0.3, -0.25) is 4.79 Å². The van der Waals surface area contributed by atoms with Gasteiger partial charge in [-0.15, -0.1) is 0 Å². The maximum absolute atomic E-state index is 12.3. The lowest BCUT2D eigenvalue weighted by Crippen LogP contribution is -2.32. The minimum Gasteiger partial charge on any atom is -0.383 e. The van der Waals surface area contributed by atoms with E-state index in [0.29, 0.717) is 19.1 Å². The number of carbonyl (C=O) groups excluding carboxylic acids is 1. The molecule has 0 atom stereocenters. The van der Waals surface area contributed by atoms with Crippen LogP contribution >= 0.6 is 0 Å². The molecule has 1 aromatic rings. The predicted molar refractivity (Wildman–Crippen MR) is 97.0 cm³/mol. The Balaban J connectivity index is 1.83. The molecule has 0 heterocycles. The van der Waals surface area contributed by atoms with Gasteiger partial charge in [-0.25, -0.2) is 13.1 Å². The molecule has 1 aliphatic rings. The van der Waals surface area contributed by atoms with Crippen molar-refractivity contribution in [1.29, 1.82) is 0 Å². The third-order valence-corrected chi connectivity index (χ3v) is 6.02. The lowest BCUT2D eigenvalue weighted by molar-refractivity contribution is -0.121. The molecule has 140 valence electrons. The molecular weight excluding hydrogens is 340 g/mol. The average molecular weight is 368 g/mol. The van der Waals surface area contributed by atoms with Crippen molar-refractivity contribution in [1.82, 2.24) is 10.0 Å². The van der Waals surface area contributed by atoms with Crippen molar-refractivity contribution in [2.24, 2.45) is 0 Å². The van der Waals surface area contributed by atoms with Crippen LogP contribution in [0.1, 0.15) is 50.0 Å². The minimum atomic E-state index is -3.58. The summed E-state index contributed by atoms with van der Waals surface area (Å²) in [5.74, 6) is 0.349. The lowest BCUT2D eigenvalue weighted by Gasteiger charge is -2.22. The van der Waals surface area contributed by atoms with Gasteiger partial charge in [-0.1, -0.05) is 31.4 Å². The molecule has 1 amide bonds. The summed E-state index contributed by atoms with van der Waals surface area (Å²) in [5, 5.41) is 2.65. The summed E-state index contributed by atoms with van der Waals surface area (Å²) in [7, 11) is -2.03. The van der Waals surface area contributed by atoms with E-state index in [1.54, 1.807) is 19.2 Å². The van der Waals surface area contributed by atoms with Crippen molar-refractivity contribution in [3.05, 3.63) is 29.8 Å². The summed E-state index contributed by atoms with van der Waals surface area (Å²) in [4.78, 5) is 11.8. The van der Waals surface area contributed by atoms with Crippen molar-refractivity contribution < 1.29 is 17.9 Å². The zero-order valence-electron chi connectivity index (χ0n) is 14.8. The maximum atomic E-state index is 12.3. The molecule has 1 fully saturated rings. The van der Waals surface area contributed by atoms with Crippen LogP contribution in [0.2, 0.25) is 0 Å². The smallest absolute Gasteiger partial charge is 0.240 e. The quantitative estimate of drug-likeness (QED) is 0.654. The van der Waals surface area contributed by atoms with E-state index in [1.165, 1.54) is 37.7 Å². The highest BCUT2D eigenvalue weighted by Gasteiger charge is 2.18. The molecule has 25 heavy (non-hydrogen) atoms. The number of hydrogen-bond acceptors (Lipinski definition) is 4. The van der Waals surface area contributed by atoms with Crippen molar-refractivity contribution in [3.8, 4) is 0 Å². The summed E-state index contributed by atoms with van der Waals surface area (Å²) in [5.41, 5.74) is 1.22. The van der Waals surface area contributed by atoms with Crippen molar-refractivity contribution >= 4 is 15.9 Å². The van der Waals surface area contributed by atoms with Crippen molar-refractivity contribution in [3.63, 3.8) is 0 Å². The first-order chi connectivity index (χ1) is 12.0. The molecular formula is C18H28N2O4S. The predicted octanol–water partition coefficient (Wildman–Crippen LogP) is 2.17. The minimum absolute atomic E-state index is 0.0749. The van der Waals surface area contributed by atoms with E-state index in [4.69, 9.17) is 4.74 Å². The molecule has 0 bridgehead atoms. The van der Waals surface area contributed by atoms with Crippen molar-refractivity contribution in [2.75, 3.05) is 26.8 Å². The molecule has 1 aliphatic carbocycles. The van der Waals surface area contributed by atoms with Gasteiger partial charge in [0.05, 0.1) is 11.5 Å². The van der Waals surface area contributed by atoms with Gasteiger partial charge in [-0.2, -0.15) is 0 Å². The number of methoxy groups -OCH3 is 1. The lowest BCUT2D eigenvalue weighted by atomic mass is 9.84. The fourth-order valence-electron chi connectivity index (χ4n) is 3.12. The largest absolute Gasteiger partial charge is 0.383 e. The highest BCUT2D eigenvalue weighted by atomic mass is 32.2. The molecule has 0 spiro atoms. The molecule has 0 aromatic heterocycles. The molecule has 0 unspecified atom stereocenters. The number of nitrogens with one attached hydrogen (secondary N) is 2. The van der Waals surface area contributed by atoms with Gasteiger partial charge in [0.2, 0.25) is 15.9 Å². The number of sulfonamides is 1. The summed E-state index contributed by atoms with van der Waals surface area (Å²) < 4.78 is 31.9. The van der Waals surface area contributed by atoms with E-state index < -0.39 is 10.0 Å². The highest BCUT2D eigenvalue weighted by Crippen LogP contribution is 2.32. The van der Waals surface area contributed by atoms with Crippen LogP contribution in [0.25, 0.3) is 0 Å². The Bertz CT molecular complexity index is 638. The van der Waals surface area contributed by atoms with Crippen LogP contribution in [0.3, 0.4) is 0 Å². The van der Waals surface area contributed by atoms with E-state index in [1.807, 2.05) is 12.1 Å². The van der Waals surface area contributed by atoms with E-state index in [0.717, 1.165) is 0 Å². The van der Waals surface area contributed by atoms with Crippen LogP contribution in [0.4, 0.5) is 0 Å². The van der Waals surface area contributed by atoms with Crippen LogP contribution in [-0.2, 0) is 19.6 Å². The number of ether oxygens (including phenoxy) is 1. The molecule has 0 radical (unpaired) electrons. The Morgan fingerprint density at radius 1 is 1.12 bits per heavy atom. The third kappa shape index (κ3) is 6.41. The topological polar surface area (TPSA) is 84.5 Å². The third-order valence-electron chi connectivity index (χ3n) is 4.54. The van der Waals surface area contributed by atoms with Gasteiger partial charge >= 0.3 is 0 Å².